The second-order valence-electron chi connectivity index (χ2n) is 10.3. The van der Waals surface area contributed by atoms with Crippen LogP contribution < -0.4 is 4.74 Å². The average molecular weight is 560 g/mol. The number of carbonyl (C=O) groups is 2. The molecule has 0 amide bonds. The Labute approximate surface area is 237 Å². The van der Waals surface area contributed by atoms with E-state index in [0.29, 0.717) is 29.4 Å². The maximum atomic E-state index is 13.8. The zero-order chi connectivity index (χ0) is 28.2. The molecule has 1 heterocycles. The monoisotopic (exact) mass is 559 g/mol. The van der Waals surface area contributed by atoms with Crippen LogP contribution in [0.15, 0.2) is 66.7 Å². The van der Waals surface area contributed by atoms with Gasteiger partial charge in [-0.3, -0.25) is 14.5 Å². The van der Waals surface area contributed by atoms with E-state index >= 15 is 0 Å². The fourth-order valence-corrected chi connectivity index (χ4v) is 6.71. The Morgan fingerprint density at radius 1 is 0.975 bits per heavy atom. The Morgan fingerprint density at radius 3 is 2.38 bits per heavy atom. The minimum Gasteiger partial charge on any atom is -0.508 e. The predicted molar refractivity (Wildman–Crippen MR) is 157 cm³/mol. The molecule has 2 atom stereocenters. The van der Waals surface area contributed by atoms with Crippen LogP contribution in [-0.4, -0.2) is 58.2 Å². The second-order valence-corrected chi connectivity index (χ2v) is 11.4. The van der Waals surface area contributed by atoms with Crippen LogP contribution in [0.2, 0.25) is 0 Å². The van der Waals surface area contributed by atoms with Gasteiger partial charge in [0.1, 0.15) is 23.9 Å². The van der Waals surface area contributed by atoms with Crippen LogP contribution in [0, 0.1) is 11.8 Å². The topological polar surface area (TPSA) is 107 Å². The number of ether oxygens (including phenoxy) is 1. The molecule has 208 valence electrons. The molecule has 8 heteroatoms. The number of phenols is 2. The largest absolute Gasteiger partial charge is 0.508 e. The molecule has 1 aliphatic rings. The average Bonchev–Trinajstić information content (AvgIpc) is 3.57. The van der Waals surface area contributed by atoms with E-state index in [1.807, 2.05) is 0 Å². The Kier molecular flexibility index (Phi) is 8.38. The fourth-order valence-electron chi connectivity index (χ4n) is 5.47. The van der Waals surface area contributed by atoms with Gasteiger partial charge in [0.05, 0.1) is 5.92 Å². The van der Waals surface area contributed by atoms with E-state index in [4.69, 9.17) is 4.74 Å². The zero-order valence-electron chi connectivity index (χ0n) is 22.4. The van der Waals surface area contributed by atoms with Gasteiger partial charge in [0.25, 0.3) is 0 Å². The molecule has 7 nitrogen and oxygen atoms in total. The summed E-state index contributed by atoms with van der Waals surface area (Å²) in [5.74, 6) is 0.365. The van der Waals surface area contributed by atoms with E-state index in [1.165, 1.54) is 11.3 Å². The first-order valence-corrected chi connectivity index (χ1v) is 14.4. The summed E-state index contributed by atoms with van der Waals surface area (Å²) < 4.78 is 6.79. The molecule has 2 unspecified atom stereocenters. The number of fused-ring (bicyclic) bond motifs is 1. The molecule has 40 heavy (non-hydrogen) atoms. The van der Waals surface area contributed by atoms with Gasteiger partial charge in [0, 0.05) is 39.2 Å². The lowest BCUT2D eigenvalue weighted by Crippen LogP contribution is -2.32. The maximum absolute atomic E-state index is 13.8. The molecule has 4 aromatic rings. The molecule has 1 saturated carbocycles. The minimum absolute atomic E-state index is 0.125. The number of hydrogen-bond acceptors (Lipinski definition) is 7. The number of phenolic OH excluding ortho intramolecular Hbond substituents is 2. The van der Waals surface area contributed by atoms with Crippen LogP contribution in [0.25, 0.3) is 20.5 Å². The third-order valence-corrected chi connectivity index (χ3v) is 8.88. The Balaban J connectivity index is 1.26. The first-order valence-electron chi connectivity index (χ1n) is 13.6. The number of ketones is 1. The third kappa shape index (κ3) is 6.13. The highest BCUT2D eigenvalue weighted by Gasteiger charge is 2.30. The third-order valence-electron chi connectivity index (χ3n) is 7.68. The van der Waals surface area contributed by atoms with Gasteiger partial charge in [-0.15, -0.1) is 11.3 Å². The number of likely N-dealkylation sites (N-methyl/N-ethyl adjacent to an activating group) is 1. The molecule has 1 fully saturated rings. The predicted octanol–water partition coefficient (Wildman–Crippen LogP) is 6.41. The number of rotatable bonds is 11. The van der Waals surface area contributed by atoms with Crippen molar-refractivity contribution in [3.8, 4) is 27.7 Å². The summed E-state index contributed by atoms with van der Waals surface area (Å²) >= 11 is 1.43. The van der Waals surface area contributed by atoms with Gasteiger partial charge in [-0.1, -0.05) is 6.92 Å². The molecule has 0 spiro atoms. The lowest BCUT2D eigenvalue weighted by molar-refractivity contribution is -0.141. The number of aliphatic carboxylic acids is 1. The maximum Gasteiger partial charge on any atom is 0.306 e. The van der Waals surface area contributed by atoms with Crippen molar-refractivity contribution in [3.63, 3.8) is 0 Å². The normalized spacial score (nSPS) is 16.9. The van der Waals surface area contributed by atoms with Gasteiger partial charge < -0.3 is 20.1 Å². The van der Waals surface area contributed by atoms with E-state index in [0.717, 1.165) is 59.4 Å². The standard InChI is InChI=1S/C32H33NO6S/c1-2-33(19-20-3-4-23(17-20)32(37)38)15-16-39-26-12-7-21(8-13-26)30(36)29-27-14-11-25(35)18-28(27)40-31(29)22-5-9-24(34)10-6-22/h5-14,18,20,23,34-35H,2-4,15-17,19H2,1H3,(H,37,38). The molecule has 3 aromatic carbocycles. The number of hydrogen-bond donors (Lipinski definition) is 3. The van der Waals surface area contributed by atoms with E-state index in [9.17, 15) is 24.9 Å². The fraction of sp³-hybridized carbons (Fsp3) is 0.312. The highest BCUT2D eigenvalue weighted by atomic mass is 32.1. The molecular formula is C32H33NO6S. The van der Waals surface area contributed by atoms with Crippen molar-refractivity contribution in [2.75, 3.05) is 26.2 Å². The van der Waals surface area contributed by atoms with Crippen LogP contribution in [0.1, 0.15) is 42.1 Å². The van der Waals surface area contributed by atoms with Crippen LogP contribution in [-0.2, 0) is 4.79 Å². The number of carboxylic acids is 1. The van der Waals surface area contributed by atoms with Gasteiger partial charge in [0.2, 0.25) is 0 Å². The lowest BCUT2D eigenvalue weighted by Gasteiger charge is -2.24. The molecular weight excluding hydrogens is 526 g/mol. The summed E-state index contributed by atoms with van der Waals surface area (Å²) in [5, 5.41) is 29.8. The number of aromatic hydroxyl groups is 2. The van der Waals surface area contributed by atoms with Crippen LogP contribution in [0.3, 0.4) is 0 Å². The number of thiophene rings is 1. The SMILES string of the molecule is CCN(CCOc1ccc(C(=O)c2c(-c3ccc(O)cc3)sc3cc(O)ccc23)cc1)CC1CCC(C(=O)O)C1. The van der Waals surface area contributed by atoms with Gasteiger partial charge in [-0.2, -0.15) is 0 Å². The Hall–Kier alpha value is -3.88. The second kappa shape index (κ2) is 12.1. The van der Waals surface area contributed by atoms with Crippen molar-refractivity contribution >= 4 is 33.2 Å². The molecule has 0 saturated heterocycles. The molecule has 3 N–H and O–H groups in total. The Bertz CT molecular complexity index is 1490. The smallest absolute Gasteiger partial charge is 0.306 e. The van der Waals surface area contributed by atoms with E-state index < -0.39 is 5.97 Å². The number of carbonyl (C=O) groups excluding carboxylic acids is 1. The summed E-state index contributed by atoms with van der Waals surface area (Å²) in [7, 11) is 0. The highest BCUT2D eigenvalue weighted by molar-refractivity contribution is 7.22. The van der Waals surface area contributed by atoms with Crippen molar-refractivity contribution in [1.29, 1.82) is 0 Å². The van der Waals surface area contributed by atoms with Gasteiger partial charge in [0.15, 0.2) is 5.78 Å². The van der Waals surface area contributed by atoms with Crippen molar-refractivity contribution in [3.05, 3.63) is 77.9 Å². The van der Waals surface area contributed by atoms with Crippen molar-refractivity contribution in [2.45, 2.75) is 26.2 Å². The molecule has 1 aliphatic carbocycles. The highest BCUT2D eigenvalue weighted by Crippen LogP contribution is 2.41. The van der Waals surface area contributed by atoms with Gasteiger partial charge >= 0.3 is 5.97 Å². The molecule has 0 radical (unpaired) electrons. The van der Waals surface area contributed by atoms with Crippen molar-refractivity contribution < 1.29 is 29.6 Å². The molecule has 0 bridgehead atoms. The Morgan fingerprint density at radius 2 is 1.70 bits per heavy atom. The quantitative estimate of drug-likeness (QED) is 0.182. The summed E-state index contributed by atoms with van der Waals surface area (Å²) in [6, 6.07) is 18.9. The van der Waals surface area contributed by atoms with Gasteiger partial charge in [-0.25, -0.2) is 0 Å². The number of benzene rings is 3. The van der Waals surface area contributed by atoms with E-state index in [2.05, 4.69) is 11.8 Å². The zero-order valence-corrected chi connectivity index (χ0v) is 23.2. The number of nitrogens with zero attached hydrogens (tertiary/aromatic N) is 1. The van der Waals surface area contributed by atoms with Gasteiger partial charge in [-0.05, 0) is 104 Å². The lowest BCUT2D eigenvalue weighted by atomic mass is 9.97. The first-order chi connectivity index (χ1) is 19.3. The van der Waals surface area contributed by atoms with Crippen molar-refractivity contribution in [1.82, 2.24) is 4.90 Å². The first kappa shape index (κ1) is 27.7. The van der Waals surface area contributed by atoms with E-state index in [1.54, 1.807) is 66.7 Å². The number of carboxylic acid groups (broad SMARTS) is 1. The molecule has 1 aromatic heterocycles. The van der Waals surface area contributed by atoms with Crippen LogP contribution >= 0.6 is 11.3 Å². The molecule has 5 rings (SSSR count). The van der Waals surface area contributed by atoms with Crippen LogP contribution in [0.4, 0.5) is 0 Å². The summed E-state index contributed by atoms with van der Waals surface area (Å²) in [6.45, 7) is 5.11. The minimum atomic E-state index is -0.682. The van der Waals surface area contributed by atoms with E-state index in [-0.39, 0.29) is 23.2 Å². The summed E-state index contributed by atoms with van der Waals surface area (Å²) in [4.78, 5) is 28.1. The van der Waals surface area contributed by atoms with Crippen molar-refractivity contribution in [2.24, 2.45) is 11.8 Å². The molecule has 0 aliphatic heterocycles. The summed E-state index contributed by atoms with van der Waals surface area (Å²) in [6.07, 6.45) is 2.47. The van der Waals surface area contributed by atoms with Crippen LogP contribution in [0.5, 0.6) is 17.2 Å². The summed E-state index contributed by atoms with van der Waals surface area (Å²) in [5.41, 5.74) is 1.91.